The summed E-state index contributed by atoms with van der Waals surface area (Å²) < 4.78 is 39.9. The third kappa shape index (κ3) is 5.71. The average Bonchev–Trinajstić information content (AvgIpc) is 3.18. The fourth-order valence-corrected chi connectivity index (χ4v) is 4.20. The minimum atomic E-state index is -4.87. The van der Waals surface area contributed by atoms with Crippen LogP contribution in [0.25, 0.3) is 11.1 Å². The Morgan fingerprint density at radius 2 is 1.79 bits per heavy atom. The van der Waals surface area contributed by atoms with Crippen LogP contribution in [0.4, 0.5) is 30.6 Å². The standard InChI is InChI=1S/C21H20Cl2F3N7O/c1-32-11-12(9-28-32)17-10-27-20(30-16-7-13(22)6-14(23)8-16)31-18(17)29-15-2-4-33(5-3-15)19(34)21(24,25)26/h6-11,15H,2-5H2,1H3,(H2,27,29,30,31). The molecule has 1 fully saturated rings. The first-order valence-electron chi connectivity index (χ1n) is 10.3. The zero-order valence-electron chi connectivity index (χ0n) is 17.9. The molecule has 2 aromatic heterocycles. The molecule has 1 aliphatic heterocycles. The highest BCUT2D eigenvalue weighted by atomic mass is 35.5. The number of likely N-dealkylation sites (tertiary alicyclic amines) is 1. The minimum Gasteiger partial charge on any atom is -0.367 e. The first-order chi connectivity index (χ1) is 16.1. The van der Waals surface area contributed by atoms with E-state index in [1.165, 1.54) is 0 Å². The van der Waals surface area contributed by atoms with Crippen molar-refractivity contribution in [1.82, 2.24) is 24.6 Å². The van der Waals surface area contributed by atoms with E-state index in [0.29, 0.717) is 40.0 Å². The molecule has 0 radical (unpaired) electrons. The maximum atomic E-state index is 12.7. The summed E-state index contributed by atoms with van der Waals surface area (Å²) >= 11 is 12.1. The summed E-state index contributed by atoms with van der Waals surface area (Å²) in [5.74, 6) is -1.05. The topological polar surface area (TPSA) is 88.0 Å². The molecule has 1 amide bonds. The SMILES string of the molecule is Cn1cc(-c2cnc(Nc3cc(Cl)cc(Cl)c3)nc2NC2CCN(C(=O)C(F)(F)F)CC2)cn1. The number of aryl methyl sites for hydroxylation is 1. The van der Waals surface area contributed by atoms with Gasteiger partial charge in [-0.3, -0.25) is 9.48 Å². The maximum absolute atomic E-state index is 12.7. The van der Waals surface area contributed by atoms with E-state index in [-0.39, 0.29) is 25.1 Å². The molecule has 3 heterocycles. The number of aromatic nitrogens is 4. The van der Waals surface area contributed by atoms with Crippen molar-refractivity contribution in [3.8, 4) is 11.1 Å². The van der Waals surface area contributed by atoms with Gasteiger partial charge in [0.25, 0.3) is 0 Å². The Morgan fingerprint density at radius 3 is 2.38 bits per heavy atom. The Bertz CT molecular complexity index is 1170. The Kier molecular flexibility index (Phi) is 6.85. The lowest BCUT2D eigenvalue weighted by Gasteiger charge is -2.33. The molecule has 180 valence electrons. The molecule has 0 saturated carbocycles. The highest BCUT2D eigenvalue weighted by molar-refractivity contribution is 6.35. The van der Waals surface area contributed by atoms with E-state index >= 15 is 0 Å². The first kappa shape index (κ1) is 24.1. The van der Waals surface area contributed by atoms with Gasteiger partial charge in [0.05, 0.1) is 6.20 Å². The third-order valence-electron chi connectivity index (χ3n) is 5.29. The van der Waals surface area contributed by atoms with Crippen LogP contribution in [-0.2, 0) is 11.8 Å². The normalized spacial score (nSPS) is 14.8. The maximum Gasteiger partial charge on any atom is 0.471 e. The number of carbonyl (C=O) groups excluding carboxylic acids is 1. The van der Waals surface area contributed by atoms with Crippen LogP contribution in [0.3, 0.4) is 0 Å². The smallest absolute Gasteiger partial charge is 0.367 e. The van der Waals surface area contributed by atoms with Crippen molar-refractivity contribution < 1.29 is 18.0 Å². The van der Waals surface area contributed by atoms with Gasteiger partial charge in [0.15, 0.2) is 0 Å². The van der Waals surface area contributed by atoms with Crippen LogP contribution in [0, 0.1) is 0 Å². The average molecular weight is 514 g/mol. The van der Waals surface area contributed by atoms with E-state index in [1.807, 2.05) is 0 Å². The lowest BCUT2D eigenvalue weighted by Crippen LogP contribution is -2.47. The van der Waals surface area contributed by atoms with Gasteiger partial charge in [-0.25, -0.2) is 4.98 Å². The second-order valence-electron chi connectivity index (χ2n) is 7.85. The van der Waals surface area contributed by atoms with Gasteiger partial charge < -0.3 is 15.5 Å². The van der Waals surface area contributed by atoms with E-state index in [0.717, 1.165) is 10.5 Å². The number of alkyl halides is 3. The molecule has 0 bridgehead atoms. The Balaban J connectivity index is 1.55. The summed E-state index contributed by atoms with van der Waals surface area (Å²) in [6, 6.07) is 4.76. The molecule has 1 aromatic carbocycles. The van der Waals surface area contributed by atoms with Crippen LogP contribution >= 0.6 is 23.2 Å². The Labute approximate surface area is 203 Å². The predicted octanol–water partition coefficient (Wildman–Crippen LogP) is 4.89. The van der Waals surface area contributed by atoms with Gasteiger partial charge in [-0.15, -0.1) is 0 Å². The molecule has 8 nitrogen and oxygen atoms in total. The fraction of sp³-hybridized carbons (Fsp3) is 0.333. The minimum absolute atomic E-state index is 0.00452. The van der Waals surface area contributed by atoms with Gasteiger partial charge in [-0.05, 0) is 31.0 Å². The molecular formula is C21H20Cl2F3N7O. The van der Waals surface area contributed by atoms with Gasteiger partial charge in [0, 0.05) is 65.4 Å². The number of anilines is 3. The third-order valence-corrected chi connectivity index (χ3v) is 5.73. The van der Waals surface area contributed by atoms with Crippen LogP contribution in [0.2, 0.25) is 10.0 Å². The van der Waals surface area contributed by atoms with Crippen LogP contribution in [-0.4, -0.2) is 55.9 Å². The molecule has 3 aromatic rings. The lowest BCUT2D eigenvalue weighted by molar-refractivity contribution is -0.186. The first-order valence-corrected chi connectivity index (χ1v) is 11.1. The van der Waals surface area contributed by atoms with Crippen LogP contribution in [0.1, 0.15) is 12.8 Å². The molecule has 2 N–H and O–H groups in total. The highest BCUT2D eigenvalue weighted by Gasteiger charge is 2.43. The van der Waals surface area contributed by atoms with Gasteiger partial charge in [0.2, 0.25) is 5.95 Å². The number of hydrogen-bond acceptors (Lipinski definition) is 6. The molecule has 1 saturated heterocycles. The van der Waals surface area contributed by atoms with Gasteiger partial charge in [-0.1, -0.05) is 23.2 Å². The Hall–Kier alpha value is -3.05. The summed E-state index contributed by atoms with van der Waals surface area (Å²) in [7, 11) is 1.78. The summed E-state index contributed by atoms with van der Waals surface area (Å²) in [4.78, 5) is 21.3. The van der Waals surface area contributed by atoms with E-state index < -0.39 is 12.1 Å². The van der Waals surface area contributed by atoms with Crippen molar-refractivity contribution in [3.63, 3.8) is 0 Å². The van der Waals surface area contributed by atoms with Crippen molar-refractivity contribution in [2.24, 2.45) is 7.05 Å². The van der Waals surface area contributed by atoms with Gasteiger partial charge in [-0.2, -0.15) is 23.3 Å². The number of halogens is 5. The molecule has 0 unspecified atom stereocenters. The number of benzene rings is 1. The predicted molar refractivity (Wildman–Crippen MR) is 123 cm³/mol. The number of amides is 1. The second-order valence-corrected chi connectivity index (χ2v) is 8.72. The number of hydrogen-bond donors (Lipinski definition) is 2. The molecule has 4 rings (SSSR count). The number of nitrogens with zero attached hydrogens (tertiary/aromatic N) is 5. The van der Waals surface area contributed by atoms with Crippen molar-refractivity contribution in [2.75, 3.05) is 23.7 Å². The Morgan fingerprint density at radius 1 is 1.12 bits per heavy atom. The van der Waals surface area contributed by atoms with Gasteiger partial charge in [0.1, 0.15) is 5.82 Å². The quantitative estimate of drug-likeness (QED) is 0.504. The summed E-state index contributed by atoms with van der Waals surface area (Å²) in [6.07, 6.45) is 0.903. The zero-order chi connectivity index (χ0) is 24.5. The van der Waals surface area contributed by atoms with Crippen LogP contribution < -0.4 is 10.6 Å². The van der Waals surface area contributed by atoms with Crippen molar-refractivity contribution in [3.05, 3.63) is 46.8 Å². The number of carbonyl (C=O) groups is 1. The number of nitrogens with one attached hydrogen (secondary N) is 2. The van der Waals surface area contributed by atoms with Crippen molar-refractivity contribution >= 4 is 46.6 Å². The van der Waals surface area contributed by atoms with E-state index in [9.17, 15) is 18.0 Å². The molecule has 0 spiro atoms. The second kappa shape index (κ2) is 9.67. The van der Waals surface area contributed by atoms with E-state index in [2.05, 4.69) is 25.7 Å². The number of piperidine rings is 1. The largest absolute Gasteiger partial charge is 0.471 e. The highest BCUT2D eigenvalue weighted by Crippen LogP contribution is 2.30. The summed E-state index contributed by atoms with van der Waals surface area (Å²) in [6.45, 7) is -0.00905. The van der Waals surface area contributed by atoms with Crippen LogP contribution in [0.5, 0.6) is 0 Å². The molecule has 34 heavy (non-hydrogen) atoms. The molecular weight excluding hydrogens is 494 g/mol. The summed E-state index contributed by atoms with van der Waals surface area (Å²) in [5, 5.41) is 11.4. The van der Waals surface area contributed by atoms with Crippen molar-refractivity contribution in [1.29, 1.82) is 0 Å². The monoisotopic (exact) mass is 513 g/mol. The zero-order valence-corrected chi connectivity index (χ0v) is 19.4. The number of rotatable bonds is 5. The summed E-state index contributed by atoms with van der Waals surface area (Å²) in [5.41, 5.74) is 2.04. The van der Waals surface area contributed by atoms with Crippen LogP contribution in [0.15, 0.2) is 36.8 Å². The molecule has 13 heteroatoms. The van der Waals surface area contributed by atoms with E-state index in [1.54, 1.807) is 48.5 Å². The lowest BCUT2D eigenvalue weighted by atomic mass is 10.0. The molecule has 1 aliphatic rings. The fourth-order valence-electron chi connectivity index (χ4n) is 3.68. The van der Waals surface area contributed by atoms with Gasteiger partial charge >= 0.3 is 12.1 Å². The van der Waals surface area contributed by atoms with Crippen molar-refractivity contribution in [2.45, 2.75) is 25.1 Å². The molecule has 0 aliphatic carbocycles. The van der Waals surface area contributed by atoms with E-state index in [4.69, 9.17) is 23.2 Å². The molecule has 0 atom stereocenters.